The molecule has 7 heteroatoms. The van der Waals surface area contributed by atoms with E-state index in [1.54, 1.807) is 19.1 Å². The van der Waals surface area contributed by atoms with E-state index in [1.165, 1.54) is 20.1 Å². The van der Waals surface area contributed by atoms with Gasteiger partial charge in [0.25, 0.3) is 0 Å². The molecule has 0 radical (unpaired) electrons. The van der Waals surface area contributed by atoms with Crippen molar-refractivity contribution in [2.75, 3.05) is 12.9 Å². The van der Waals surface area contributed by atoms with E-state index in [-0.39, 0.29) is 10.9 Å². The van der Waals surface area contributed by atoms with E-state index in [2.05, 4.69) is 10.1 Å². The zero-order valence-electron chi connectivity index (χ0n) is 15.9. The summed E-state index contributed by atoms with van der Waals surface area (Å²) in [4.78, 5) is 35.4. The lowest BCUT2D eigenvalue weighted by atomic mass is 9.98. The molecule has 0 saturated heterocycles. The van der Waals surface area contributed by atoms with Crippen LogP contribution in [0.3, 0.4) is 0 Å². The summed E-state index contributed by atoms with van der Waals surface area (Å²) in [7, 11) is 1.21. The van der Waals surface area contributed by atoms with Gasteiger partial charge in [-0.15, -0.1) is 0 Å². The number of nitrogens with one attached hydrogen (secondary N) is 1. The molecule has 1 N–H and O–H groups in total. The Labute approximate surface area is 167 Å². The third-order valence-corrected chi connectivity index (χ3v) is 5.33. The fraction of sp³-hybridized carbons (Fsp3) is 0.286. The summed E-state index contributed by atoms with van der Waals surface area (Å²) in [5, 5.41) is 2.22. The third kappa shape index (κ3) is 5.66. The standard InChI is InChI=1S/C21H22FNO4S/c1-13(21(26)28-12-19(20(25)27-3)23-14(2)24)16-9-10-17(18(22)11-16)15-7-5-4-6-8-15/h4-11,13,19H,12H2,1-3H3,(H,23,24). The molecule has 0 aliphatic rings. The molecule has 0 bridgehead atoms. The highest BCUT2D eigenvalue weighted by Crippen LogP contribution is 2.28. The van der Waals surface area contributed by atoms with Gasteiger partial charge in [-0.25, -0.2) is 9.18 Å². The summed E-state index contributed by atoms with van der Waals surface area (Å²) in [6.45, 7) is 2.96. The van der Waals surface area contributed by atoms with Crippen LogP contribution in [-0.2, 0) is 19.1 Å². The van der Waals surface area contributed by atoms with Crippen molar-refractivity contribution in [1.82, 2.24) is 5.32 Å². The van der Waals surface area contributed by atoms with Crippen molar-refractivity contribution in [3.63, 3.8) is 0 Å². The Morgan fingerprint density at radius 3 is 2.39 bits per heavy atom. The molecular formula is C21H22FNO4S. The molecule has 148 valence electrons. The molecular weight excluding hydrogens is 381 g/mol. The van der Waals surface area contributed by atoms with Gasteiger partial charge in [0.1, 0.15) is 11.9 Å². The normalized spacial score (nSPS) is 12.7. The lowest BCUT2D eigenvalue weighted by molar-refractivity contribution is -0.144. The summed E-state index contributed by atoms with van der Waals surface area (Å²) in [6.07, 6.45) is 0. The van der Waals surface area contributed by atoms with Gasteiger partial charge in [0.05, 0.1) is 13.0 Å². The second-order valence-electron chi connectivity index (χ2n) is 6.23. The quantitative estimate of drug-likeness (QED) is 0.716. The number of hydrogen-bond donors (Lipinski definition) is 1. The molecule has 0 aromatic heterocycles. The maximum absolute atomic E-state index is 14.5. The minimum atomic E-state index is -0.916. The minimum absolute atomic E-state index is 0.0417. The number of benzene rings is 2. The van der Waals surface area contributed by atoms with Gasteiger partial charge in [-0.3, -0.25) is 9.59 Å². The summed E-state index contributed by atoms with van der Waals surface area (Å²) >= 11 is 0.903. The summed E-state index contributed by atoms with van der Waals surface area (Å²) in [6, 6.07) is 13.0. The van der Waals surface area contributed by atoms with Gasteiger partial charge in [-0.1, -0.05) is 61.2 Å². The van der Waals surface area contributed by atoms with E-state index in [1.807, 2.05) is 30.3 Å². The molecule has 0 saturated carbocycles. The number of carbonyl (C=O) groups is 3. The molecule has 5 nitrogen and oxygen atoms in total. The van der Waals surface area contributed by atoms with Crippen LogP contribution in [0.5, 0.6) is 0 Å². The van der Waals surface area contributed by atoms with Crippen molar-refractivity contribution < 1.29 is 23.5 Å². The van der Waals surface area contributed by atoms with E-state index >= 15 is 0 Å². The van der Waals surface area contributed by atoms with Crippen LogP contribution in [-0.4, -0.2) is 35.9 Å². The van der Waals surface area contributed by atoms with Crippen molar-refractivity contribution >= 4 is 28.8 Å². The molecule has 0 spiro atoms. The zero-order chi connectivity index (χ0) is 20.7. The smallest absolute Gasteiger partial charge is 0.329 e. The first-order valence-electron chi connectivity index (χ1n) is 8.70. The Kier molecular flexibility index (Phi) is 7.75. The number of esters is 1. The summed E-state index contributed by atoms with van der Waals surface area (Å²) < 4.78 is 19.2. The van der Waals surface area contributed by atoms with E-state index in [0.29, 0.717) is 11.1 Å². The Morgan fingerprint density at radius 1 is 1.14 bits per heavy atom. The zero-order valence-corrected chi connectivity index (χ0v) is 16.7. The molecule has 2 unspecified atom stereocenters. The topological polar surface area (TPSA) is 72.5 Å². The first-order valence-corrected chi connectivity index (χ1v) is 9.68. The molecule has 28 heavy (non-hydrogen) atoms. The Morgan fingerprint density at radius 2 is 1.82 bits per heavy atom. The number of carbonyl (C=O) groups excluding carboxylic acids is 3. The summed E-state index contributed by atoms with van der Waals surface area (Å²) in [5.74, 6) is -1.95. The predicted molar refractivity (Wildman–Crippen MR) is 107 cm³/mol. The maximum Gasteiger partial charge on any atom is 0.329 e. The van der Waals surface area contributed by atoms with Gasteiger partial charge in [0, 0.05) is 18.2 Å². The number of ether oxygens (including phenoxy) is 1. The number of hydrogen-bond acceptors (Lipinski definition) is 5. The number of halogens is 1. The minimum Gasteiger partial charge on any atom is -0.467 e. The molecule has 2 aromatic carbocycles. The molecule has 0 aliphatic carbocycles. The molecule has 2 rings (SSSR count). The molecule has 2 atom stereocenters. The van der Waals surface area contributed by atoms with Crippen LogP contribution in [0.15, 0.2) is 48.5 Å². The number of rotatable bonds is 7. The van der Waals surface area contributed by atoms with E-state index in [4.69, 9.17) is 0 Å². The largest absolute Gasteiger partial charge is 0.467 e. The maximum atomic E-state index is 14.5. The molecule has 0 aliphatic heterocycles. The van der Waals surface area contributed by atoms with Crippen LogP contribution < -0.4 is 5.32 Å². The third-order valence-electron chi connectivity index (χ3n) is 4.19. The first-order chi connectivity index (χ1) is 13.3. The lowest BCUT2D eigenvalue weighted by Crippen LogP contribution is -2.42. The average molecular weight is 403 g/mol. The first kappa shape index (κ1) is 21.6. The van der Waals surface area contributed by atoms with Crippen molar-refractivity contribution in [3.8, 4) is 11.1 Å². The van der Waals surface area contributed by atoms with Crippen LogP contribution >= 0.6 is 11.8 Å². The van der Waals surface area contributed by atoms with Crippen LogP contribution in [0.2, 0.25) is 0 Å². The predicted octanol–water partition coefficient (Wildman–Crippen LogP) is 3.53. The van der Waals surface area contributed by atoms with Crippen LogP contribution in [0.1, 0.15) is 25.3 Å². The fourth-order valence-electron chi connectivity index (χ4n) is 2.64. The van der Waals surface area contributed by atoms with Gasteiger partial charge in [-0.05, 0) is 17.2 Å². The highest BCUT2D eigenvalue weighted by atomic mass is 32.2. The van der Waals surface area contributed by atoms with Gasteiger partial charge >= 0.3 is 5.97 Å². The van der Waals surface area contributed by atoms with Crippen LogP contribution in [0, 0.1) is 5.82 Å². The van der Waals surface area contributed by atoms with E-state index < -0.39 is 29.7 Å². The number of amides is 1. The molecule has 0 fully saturated rings. The average Bonchev–Trinajstić information content (AvgIpc) is 2.69. The molecule has 0 heterocycles. The van der Waals surface area contributed by atoms with Gasteiger partial charge < -0.3 is 10.1 Å². The van der Waals surface area contributed by atoms with Gasteiger partial charge in [-0.2, -0.15) is 0 Å². The second-order valence-corrected chi connectivity index (χ2v) is 7.26. The number of thioether (sulfide) groups is 1. The summed E-state index contributed by atoms with van der Waals surface area (Å²) in [5.41, 5.74) is 1.77. The Balaban J connectivity index is 2.07. The SMILES string of the molecule is COC(=O)C(CSC(=O)C(C)c1ccc(-c2ccccc2)c(F)c1)NC(C)=O. The van der Waals surface area contributed by atoms with Gasteiger partial charge in [0.2, 0.25) is 5.91 Å². The Hall–Kier alpha value is -2.67. The van der Waals surface area contributed by atoms with Crippen LogP contribution in [0.4, 0.5) is 4.39 Å². The van der Waals surface area contributed by atoms with Crippen molar-refractivity contribution in [1.29, 1.82) is 0 Å². The van der Waals surface area contributed by atoms with E-state index in [0.717, 1.165) is 17.3 Å². The monoisotopic (exact) mass is 403 g/mol. The van der Waals surface area contributed by atoms with Crippen molar-refractivity contribution in [2.45, 2.75) is 25.8 Å². The highest BCUT2D eigenvalue weighted by Gasteiger charge is 2.24. The van der Waals surface area contributed by atoms with Gasteiger partial charge in [0.15, 0.2) is 5.12 Å². The molecule has 2 aromatic rings. The van der Waals surface area contributed by atoms with Crippen LogP contribution in [0.25, 0.3) is 11.1 Å². The van der Waals surface area contributed by atoms with E-state index in [9.17, 15) is 18.8 Å². The number of methoxy groups -OCH3 is 1. The van der Waals surface area contributed by atoms with Crippen molar-refractivity contribution in [3.05, 3.63) is 59.9 Å². The van der Waals surface area contributed by atoms with Crippen molar-refractivity contribution in [2.24, 2.45) is 0 Å². The second kappa shape index (κ2) is 10.0. The lowest BCUT2D eigenvalue weighted by Gasteiger charge is -2.16. The Bertz CT molecular complexity index is 857. The molecule has 1 amide bonds. The fourth-order valence-corrected chi connectivity index (χ4v) is 3.57. The highest BCUT2D eigenvalue weighted by molar-refractivity contribution is 8.13.